The van der Waals surface area contributed by atoms with E-state index in [1.807, 2.05) is 0 Å². The van der Waals surface area contributed by atoms with Gasteiger partial charge in [-0.2, -0.15) is 0 Å². The van der Waals surface area contributed by atoms with Crippen LogP contribution in [-0.2, 0) is 22.6 Å². The lowest BCUT2D eigenvalue weighted by molar-refractivity contribution is -0.173. The molecule has 0 saturated heterocycles. The van der Waals surface area contributed by atoms with Crippen LogP contribution in [0.1, 0.15) is 82.3 Å². The number of hydrogen-bond donors (Lipinski definition) is 3. The highest BCUT2D eigenvalue weighted by atomic mass is 19.2. The first-order valence-electron chi connectivity index (χ1n) is 11.0. The number of aryl methyl sites for hydroxylation is 1. The van der Waals surface area contributed by atoms with E-state index in [9.17, 15) is 18.4 Å². The molecule has 1 saturated carbocycles. The molecule has 1 aromatic rings. The number of unbranched alkanes of at least 4 members (excludes halogenated alkanes) is 7. The average molecular weight is 426 g/mol. The van der Waals surface area contributed by atoms with Crippen molar-refractivity contribution >= 4 is 11.9 Å². The highest BCUT2D eigenvalue weighted by Crippen LogP contribution is 2.42. The molecule has 0 atom stereocenters. The van der Waals surface area contributed by atoms with Gasteiger partial charge >= 0.3 is 11.9 Å². The lowest BCUT2D eigenvalue weighted by atomic mass is 9.65. The number of hydrogen-bond acceptors (Lipinski definition) is 3. The van der Waals surface area contributed by atoms with Crippen molar-refractivity contribution in [2.45, 2.75) is 90.1 Å². The summed E-state index contributed by atoms with van der Waals surface area (Å²) in [6, 6.07) is 2.80. The molecule has 0 amide bonds. The van der Waals surface area contributed by atoms with Crippen LogP contribution in [0.2, 0.25) is 0 Å². The Labute approximate surface area is 176 Å². The van der Waals surface area contributed by atoms with Crippen molar-refractivity contribution in [1.82, 2.24) is 5.32 Å². The van der Waals surface area contributed by atoms with Crippen molar-refractivity contribution in [3.63, 3.8) is 0 Å². The Kier molecular flexibility index (Phi) is 9.21. The molecule has 0 aromatic heterocycles. The Bertz CT molecular complexity index is 716. The van der Waals surface area contributed by atoms with Gasteiger partial charge < -0.3 is 15.5 Å². The molecule has 30 heavy (non-hydrogen) atoms. The molecule has 0 heterocycles. The van der Waals surface area contributed by atoms with Gasteiger partial charge in [-0.25, -0.2) is 8.78 Å². The molecular weight excluding hydrogens is 392 g/mol. The number of halogens is 2. The van der Waals surface area contributed by atoms with E-state index in [1.54, 1.807) is 12.1 Å². The number of benzene rings is 1. The maximum Gasteiger partial charge on any atom is 0.321 e. The number of carboxylic acid groups (broad SMARTS) is 2. The Morgan fingerprint density at radius 2 is 1.43 bits per heavy atom. The molecule has 1 aliphatic rings. The fourth-order valence-corrected chi connectivity index (χ4v) is 4.03. The van der Waals surface area contributed by atoms with Crippen molar-refractivity contribution in [3.8, 4) is 0 Å². The lowest BCUT2D eigenvalue weighted by Crippen LogP contribution is -2.57. The standard InChI is InChI=1S/C23H33F2NO4/c1-2-3-4-5-6-7-8-9-10-16-11-12-17(20(25)19(16)24)15-26-18-13-23(14-18,21(27)28)22(29)30/h11-12,18,26H,2-10,13-15H2,1H3,(H,27,28)(H,29,30). The first-order chi connectivity index (χ1) is 14.3. The van der Waals surface area contributed by atoms with Gasteiger partial charge in [-0.3, -0.25) is 9.59 Å². The molecule has 1 fully saturated rings. The lowest BCUT2D eigenvalue weighted by Gasteiger charge is -2.41. The Morgan fingerprint density at radius 3 is 2.00 bits per heavy atom. The zero-order valence-electron chi connectivity index (χ0n) is 17.7. The molecule has 0 aliphatic heterocycles. The Morgan fingerprint density at radius 1 is 0.933 bits per heavy atom. The summed E-state index contributed by atoms with van der Waals surface area (Å²) in [7, 11) is 0. The van der Waals surface area contributed by atoms with Gasteiger partial charge in [0.15, 0.2) is 17.0 Å². The van der Waals surface area contributed by atoms with Crippen LogP contribution >= 0.6 is 0 Å². The minimum absolute atomic E-state index is 0.0285. The summed E-state index contributed by atoms with van der Waals surface area (Å²) in [5.41, 5.74) is -1.24. The van der Waals surface area contributed by atoms with E-state index in [-0.39, 0.29) is 31.0 Å². The molecule has 5 nitrogen and oxygen atoms in total. The number of carbonyl (C=O) groups is 2. The van der Waals surface area contributed by atoms with Crippen LogP contribution < -0.4 is 5.32 Å². The molecule has 2 rings (SSSR count). The third kappa shape index (κ3) is 6.00. The summed E-state index contributed by atoms with van der Waals surface area (Å²) in [5.74, 6) is -4.44. The van der Waals surface area contributed by atoms with Crippen LogP contribution in [-0.4, -0.2) is 28.2 Å². The molecule has 0 spiro atoms. The van der Waals surface area contributed by atoms with Crippen LogP contribution in [0.5, 0.6) is 0 Å². The summed E-state index contributed by atoms with van der Waals surface area (Å²) >= 11 is 0. The number of aliphatic carboxylic acids is 2. The largest absolute Gasteiger partial charge is 0.480 e. The van der Waals surface area contributed by atoms with Crippen molar-refractivity contribution in [3.05, 3.63) is 34.9 Å². The van der Waals surface area contributed by atoms with Crippen LogP contribution in [0, 0.1) is 17.0 Å². The van der Waals surface area contributed by atoms with E-state index in [4.69, 9.17) is 10.2 Å². The highest BCUT2D eigenvalue weighted by molar-refractivity contribution is 5.99. The fourth-order valence-electron chi connectivity index (χ4n) is 4.03. The Hall–Kier alpha value is -2.02. The number of carboxylic acids is 2. The molecule has 168 valence electrons. The van der Waals surface area contributed by atoms with E-state index in [0.717, 1.165) is 19.3 Å². The molecule has 1 aliphatic carbocycles. The zero-order valence-corrected chi connectivity index (χ0v) is 17.7. The van der Waals surface area contributed by atoms with Gasteiger partial charge in [0.25, 0.3) is 0 Å². The maximum absolute atomic E-state index is 14.4. The normalized spacial score (nSPS) is 15.7. The molecule has 0 bridgehead atoms. The minimum atomic E-state index is -1.78. The smallest absolute Gasteiger partial charge is 0.321 e. The molecule has 7 heteroatoms. The van der Waals surface area contributed by atoms with Gasteiger partial charge in [-0.05, 0) is 31.2 Å². The summed E-state index contributed by atoms with van der Waals surface area (Å²) in [6.45, 7) is 2.21. The SMILES string of the molecule is CCCCCCCCCCc1ccc(CNC2CC(C(=O)O)(C(=O)O)C2)c(F)c1F. The van der Waals surface area contributed by atoms with E-state index in [2.05, 4.69) is 12.2 Å². The molecule has 1 aromatic carbocycles. The summed E-state index contributed by atoms with van der Waals surface area (Å²) in [4.78, 5) is 22.3. The second kappa shape index (κ2) is 11.4. The van der Waals surface area contributed by atoms with Crippen molar-refractivity contribution in [2.75, 3.05) is 0 Å². The monoisotopic (exact) mass is 425 g/mol. The molecule has 0 radical (unpaired) electrons. The van der Waals surface area contributed by atoms with Gasteiger partial charge in [0.2, 0.25) is 0 Å². The van der Waals surface area contributed by atoms with Crippen molar-refractivity contribution < 1.29 is 28.6 Å². The summed E-state index contributed by atoms with van der Waals surface area (Å²) in [6.07, 6.45) is 9.50. The third-order valence-corrected chi connectivity index (χ3v) is 6.13. The van der Waals surface area contributed by atoms with Gasteiger partial charge in [-0.15, -0.1) is 0 Å². The predicted octanol–water partition coefficient (Wildman–Crippen LogP) is 5.06. The molecular formula is C23H33F2NO4. The first-order valence-corrected chi connectivity index (χ1v) is 11.0. The average Bonchev–Trinajstić information content (AvgIpc) is 2.66. The van der Waals surface area contributed by atoms with Gasteiger partial charge in [-0.1, -0.05) is 64.0 Å². The number of rotatable bonds is 14. The second-order valence-electron chi connectivity index (χ2n) is 8.42. The van der Waals surface area contributed by atoms with Crippen molar-refractivity contribution in [2.24, 2.45) is 5.41 Å². The summed E-state index contributed by atoms with van der Waals surface area (Å²) < 4.78 is 28.8. The van der Waals surface area contributed by atoms with E-state index in [0.29, 0.717) is 12.0 Å². The predicted molar refractivity (Wildman–Crippen MR) is 110 cm³/mol. The van der Waals surface area contributed by atoms with Crippen molar-refractivity contribution in [1.29, 1.82) is 0 Å². The molecule has 3 N–H and O–H groups in total. The number of nitrogens with one attached hydrogen (secondary N) is 1. The zero-order chi connectivity index (χ0) is 22.1. The molecule has 0 unspecified atom stereocenters. The topological polar surface area (TPSA) is 86.6 Å². The van der Waals surface area contributed by atoms with Crippen LogP contribution in [0.3, 0.4) is 0 Å². The van der Waals surface area contributed by atoms with Gasteiger partial charge in [0, 0.05) is 18.2 Å². The third-order valence-electron chi connectivity index (χ3n) is 6.13. The maximum atomic E-state index is 14.4. The fraction of sp³-hybridized carbons (Fsp3) is 0.652. The van der Waals surface area contributed by atoms with Gasteiger partial charge in [0.05, 0.1) is 0 Å². The van der Waals surface area contributed by atoms with E-state index >= 15 is 0 Å². The Balaban J connectivity index is 1.76. The summed E-state index contributed by atoms with van der Waals surface area (Å²) in [5, 5.41) is 21.1. The van der Waals surface area contributed by atoms with Crippen LogP contribution in [0.25, 0.3) is 0 Å². The first kappa shape index (κ1) is 24.3. The second-order valence-corrected chi connectivity index (χ2v) is 8.42. The van der Waals surface area contributed by atoms with E-state index < -0.39 is 29.0 Å². The quantitative estimate of drug-likeness (QED) is 0.287. The van der Waals surface area contributed by atoms with Gasteiger partial charge in [0.1, 0.15) is 0 Å². The minimum Gasteiger partial charge on any atom is -0.480 e. The van der Waals surface area contributed by atoms with Crippen LogP contribution in [0.4, 0.5) is 8.78 Å². The highest BCUT2D eigenvalue weighted by Gasteiger charge is 2.56. The van der Waals surface area contributed by atoms with E-state index in [1.165, 1.54) is 32.1 Å². The van der Waals surface area contributed by atoms with Crippen LogP contribution in [0.15, 0.2) is 12.1 Å².